The Balaban J connectivity index is 1.67. The molecule has 32 heavy (non-hydrogen) atoms. The van der Waals surface area contributed by atoms with Crippen LogP contribution in [-0.2, 0) is 6.54 Å². The number of quaternary nitrogens is 1. The van der Waals surface area contributed by atoms with E-state index < -0.39 is 0 Å². The number of nitrogens with one attached hydrogen (secondary N) is 1. The first-order valence-corrected chi connectivity index (χ1v) is 10.9. The molecule has 2 aromatic carbocycles. The van der Waals surface area contributed by atoms with Crippen molar-refractivity contribution in [2.45, 2.75) is 26.3 Å². The molecule has 0 saturated carbocycles. The summed E-state index contributed by atoms with van der Waals surface area (Å²) in [4.78, 5) is 14.4. The van der Waals surface area contributed by atoms with Crippen LogP contribution in [0.2, 0.25) is 0 Å². The van der Waals surface area contributed by atoms with E-state index in [1.165, 1.54) is 11.0 Å². The van der Waals surface area contributed by atoms with E-state index in [9.17, 15) is 9.90 Å². The molecule has 2 aliphatic heterocycles. The molecule has 1 saturated heterocycles. The van der Waals surface area contributed by atoms with Gasteiger partial charge in [-0.25, -0.2) is 0 Å². The van der Waals surface area contributed by atoms with Crippen molar-refractivity contribution >= 4 is 11.9 Å². The van der Waals surface area contributed by atoms with Crippen LogP contribution in [0.25, 0.3) is 6.08 Å². The Kier molecular flexibility index (Phi) is 6.28. The van der Waals surface area contributed by atoms with E-state index >= 15 is 0 Å². The number of carbonyl (C=O) groups is 1. The molecule has 170 valence electrons. The fourth-order valence-electron chi connectivity index (χ4n) is 4.36. The van der Waals surface area contributed by atoms with Gasteiger partial charge in [-0.2, -0.15) is 0 Å². The van der Waals surface area contributed by atoms with E-state index in [0.29, 0.717) is 46.2 Å². The average Bonchev–Trinajstić information content (AvgIpc) is 3.12. The van der Waals surface area contributed by atoms with Crippen molar-refractivity contribution in [1.82, 2.24) is 0 Å². The maximum absolute atomic E-state index is 13.1. The summed E-state index contributed by atoms with van der Waals surface area (Å²) in [5, 5.41) is 12.7. The first-order valence-electron chi connectivity index (χ1n) is 10.9. The summed E-state index contributed by atoms with van der Waals surface area (Å²) in [7, 11) is 4.63. The Morgan fingerprint density at radius 1 is 1.06 bits per heavy atom. The summed E-state index contributed by atoms with van der Waals surface area (Å²) >= 11 is 0. The van der Waals surface area contributed by atoms with Gasteiger partial charge in [0.2, 0.25) is 5.78 Å². The van der Waals surface area contributed by atoms with Crippen LogP contribution >= 0.6 is 0 Å². The van der Waals surface area contributed by atoms with Crippen molar-refractivity contribution in [3.05, 3.63) is 46.7 Å². The number of hydrogen-bond acceptors (Lipinski definition) is 6. The summed E-state index contributed by atoms with van der Waals surface area (Å²) in [6, 6.07) is 6.45. The first kappa shape index (κ1) is 22.0. The molecule has 0 bridgehead atoms. The summed E-state index contributed by atoms with van der Waals surface area (Å²) in [5.41, 5.74) is 1.61. The smallest absolute Gasteiger partial charge is 0.231 e. The molecular formula is C25H29NO6. The molecule has 0 amide bonds. The maximum atomic E-state index is 13.1. The van der Waals surface area contributed by atoms with Gasteiger partial charge in [-0.3, -0.25) is 4.79 Å². The van der Waals surface area contributed by atoms with Crippen LogP contribution < -0.4 is 29.0 Å². The molecule has 2 aliphatic rings. The van der Waals surface area contributed by atoms with Crippen LogP contribution in [-0.4, -0.2) is 40.2 Å². The molecule has 2 heterocycles. The number of piperidine rings is 1. The van der Waals surface area contributed by atoms with Crippen LogP contribution in [0.3, 0.4) is 0 Å². The third-order valence-corrected chi connectivity index (χ3v) is 6.33. The molecular weight excluding hydrogens is 410 g/mol. The van der Waals surface area contributed by atoms with Gasteiger partial charge in [0, 0.05) is 17.2 Å². The number of allylic oxidation sites excluding steroid dienone is 1. The lowest BCUT2D eigenvalue weighted by Crippen LogP contribution is -3.11. The van der Waals surface area contributed by atoms with Crippen molar-refractivity contribution in [3.8, 4) is 28.7 Å². The Bertz CT molecular complexity index is 1050. The monoisotopic (exact) mass is 439 g/mol. The van der Waals surface area contributed by atoms with Gasteiger partial charge < -0.3 is 29.0 Å². The maximum Gasteiger partial charge on any atom is 0.231 e. The predicted octanol–water partition coefficient (Wildman–Crippen LogP) is 2.22. The van der Waals surface area contributed by atoms with Crippen LogP contribution in [0, 0.1) is 5.92 Å². The van der Waals surface area contributed by atoms with Gasteiger partial charge >= 0.3 is 0 Å². The number of Topliss-reactive ketones (excluding diaryl/α,β-unsaturated/α-hetero) is 1. The number of likely N-dealkylation sites (tertiary alicyclic amines) is 1. The minimum Gasteiger partial charge on any atom is -0.872 e. The Labute approximate surface area is 188 Å². The summed E-state index contributed by atoms with van der Waals surface area (Å²) in [5.74, 6) is 2.46. The van der Waals surface area contributed by atoms with Gasteiger partial charge in [-0.05, 0) is 37.0 Å². The van der Waals surface area contributed by atoms with Crippen LogP contribution in [0.1, 0.15) is 41.3 Å². The zero-order valence-electron chi connectivity index (χ0n) is 18.9. The molecule has 0 aromatic heterocycles. The van der Waals surface area contributed by atoms with E-state index in [-0.39, 0.29) is 17.3 Å². The number of fused-ring (bicyclic) bond motifs is 1. The molecule has 0 radical (unpaired) electrons. The average molecular weight is 440 g/mol. The second kappa shape index (κ2) is 9.12. The van der Waals surface area contributed by atoms with E-state index in [4.69, 9.17) is 18.9 Å². The number of benzene rings is 2. The number of carbonyl (C=O) groups excluding carboxylic acids is 1. The number of methoxy groups -OCH3 is 3. The Hall–Kier alpha value is -3.19. The van der Waals surface area contributed by atoms with Crippen molar-refractivity contribution in [2.75, 3.05) is 34.4 Å². The topological polar surface area (TPSA) is 81.5 Å². The third kappa shape index (κ3) is 4.12. The van der Waals surface area contributed by atoms with E-state index in [1.54, 1.807) is 45.6 Å². The standard InChI is InChI=1S/C25H29NO6/c1-15-7-9-26(10-8-15)14-18-19(27)6-5-17-24(28)23(32-25(17)18)12-16-11-21(30-3)22(31-4)13-20(16)29-2/h5-6,11-13,15,27H,7-10,14H2,1-4H3/b23-12-. The highest BCUT2D eigenvalue weighted by molar-refractivity contribution is 6.15. The van der Waals surface area contributed by atoms with Gasteiger partial charge in [0.05, 0.1) is 40.0 Å². The number of hydrogen-bond donors (Lipinski definition) is 1. The first-order chi connectivity index (χ1) is 15.4. The molecule has 0 atom stereocenters. The molecule has 7 heteroatoms. The SMILES string of the molecule is COc1cc(OC)c(OC)cc1/C=C1\Oc2c(ccc([O-])c2C[NH+]2CCC(C)CC2)C1=O. The van der Waals surface area contributed by atoms with Crippen LogP contribution in [0.4, 0.5) is 0 Å². The number of rotatable bonds is 6. The largest absolute Gasteiger partial charge is 0.872 e. The lowest BCUT2D eigenvalue weighted by atomic mass is 9.98. The molecule has 1 N–H and O–H groups in total. The second-order valence-electron chi connectivity index (χ2n) is 8.42. The summed E-state index contributed by atoms with van der Waals surface area (Å²) < 4.78 is 22.2. The molecule has 4 rings (SSSR count). The third-order valence-electron chi connectivity index (χ3n) is 6.33. The number of ketones is 1. The van der Waals surface area contributed by atoms with E-state index in [0.717, 1.165) is 31.8 Å². The van der Waals surface area contributed by atoms with Crippen molar-refractivity contribution in [2.24, 2.45) is 5.92 Å². The quantitative estimate of drug-likeness (QED) is 0.695. The van der Waals surface area contributed by atoms with Gasteiger partial charge in [-0.15, -0.1) is 0 Å². The lowest BCUT2D eigenvalue weighted by molar-refractivity contribution is -0.919. The zero-order valence-corrected chi connectivity index (χ0v) is 18.9. The normalized spacial score (nSPS) is 21.2. The Morgan fingerprint density at radius 2 is 1.72 bits per heavy atom. The van der Waals surface area contributed by atoms with Gasteiger partial charge in [0.1, 0.15) is 18.0 Å². The molecule has 0 unspecified atom stereocenters. The lowest BCUT2D eigenvalue weighted by Gasteiger charge is -2.29. The van der Waals surface area contributed by atoms with Crippen molar-refractivity contribution in [3.63, 3.8) is 0 Å². The highest BCUT2D eigenvalue weighted by atomic mass is 16.5. The number of ether oxygens (including phenoxy) is 4. The van der Waals surface area contributed by atoms with Crippen molar-refractivity contribution in [1.29, 1.82) is 0 Å². The molecule has 0 aliphatic carbocycles. The van der Waals surface area contributed by atoms with Gasteiger partial charge in [-0.1, -0.05) is 18.7 Å². The highest BCUT2D eigenvalue weighted by Gasteiger charge is 2.32. The predicted molar refractivity (Wildman–Crippen MR) is 118 cm³/mol. The van der Waals surface area contributed by atoms with Crippen molar-refractivity contribution < 1.29 is 33.7 Å². The second-order valence-corrected chi connectivity index (χ2v) is 8.42. The van der Waals surface area contributed by atoms with Crippen LogP contribution in [0.15, 0.2) is 30.0 Å². The van der Waals surface area contributed by atoms with E-state index in [2.05, 4.69) is 6.92 Å². The fourth-order valence-corrected chi connectivity index (χ4v) is 4.36. The fraction of sp³-hybridized carbons (Fsp3) is 0.400. The van der Waals surface area contributed by atoms with E-state index in [1.807, 2.05) is 0 Å². The molecule has 0 spiro atoms. The minimum absolute atomic E-state index is 0.0902. The molecule has 7 nitrogen and oxygen atoms in total. The van der Waals surface area contributed by atoms with Gasteiger partial charge in [0.15, 0.2) is 17.3 Å². The molecule has 1 fully saturated rings. The molecule has 2 aromatic rings. The zero-order chi connectivity index (χ0) is 22.8. The minimum atomic E-state index is -0.250. The Morgan fingerprint density at radius 3 is 2.38 bits per heavy atom. The summed E-state index contributed by atoms with van der Waals surface area (Å²) in [6.45, 7) is 4.86. The van der Waals surface area contributed by atoms with Gasteiger partial charge in [0.25, 0.3) is 0 Å². The van der Waals surface area contributed by atoms with Crippen LogP contribution in [0.5, 0.6) is 28.7 Å². The highest BCUT2D eigenvalue weighted by Crippen LogP contribution is 2.40. The summed E-state index contributed by atoms with van der Waals surface area (Å²) in [6.07, 6.45) is 3.90.